The molecule has 2 atom stereocenters. The Hall–Kier alpha value is -3.19. The predicted octanol–water partition coefficient (Wildman–Crippen LogP) is 5.80. The molecule has 0 bridgehead atoms. The van der Waals surface area contributed by atoms with Gasteiger partial charge < -0.3 is 14.4 Å². The number of alkyl halides is 4. The second kappa shape index (κ2) is 14.1. The summed E-state index contributed by atoms with van der Waals surface area (Å²) in [4.78, 5) is 29.4. The number of benzene rings is 2. The lowest BCUT2D eigenvalue weighted by atomic mass is 9.83. The van der Waals surface area contributed by atoms with Gasteiger partial charge in [0.25, 0.3) is 5.91 Å². The van der Waals surface area contributed by atoms with Crippen LogP contribution < -0.4 is 9.47 Å². The topological polar surface area (TPSA) is 93.2 Å². The Kier molecular flexibility index (Phi) is 11.0. The number of ketones is 1. The van der Waals surface area contributed by atoms with E-state index in [2.05, 4.69) is 0 Å². The van der Waals surface area contributed by atoms with Crippen LogP contribution in [0.25, 0.3) is 0 Å². The van der Waals surface area contributed by atoms with Crippen molar-refractivity contribution >= 4 is 21.5 Å². The number of piperidine rings is 1. The second-order valence-electron chi connectivity index (χ2n) is 13.6. The molecule has 1 amide bonds. The number of hydrogen-bond acceptors (Lipinski definition) is 7. The number of hydrogen-bond donors (Lipinski definition) is 0. The van der Waals surface area contributed by atoms with Gasteiger partial charge in [0.1, 0.15) is 23.0 Å². The van der Waals surface area contributed by atoms with E-state index in [-0.39, 0.29) is 56.3 Å². The average Bonchev–Trinajstić information content (AvgIpc) is 3.37. The number of carbonyl (C=O) groups is 2. The van der Waals surface area contributed by atoms with Crippen LogP contribution in [0.1, 0.15) is 75.0 Å². The van der Waals surface area contributed by atoms with Gasteiger partial charge in [-0.05, 0) is 81.3 Å². The van der Waals surface area contributed by atoms with Crippen LogP contribution in [0.15, 0.2) is 42.5 Å². The minimum absolute atomic E-state index is 0.0262. The van der Waals surface area contributed by atoms with Crippen molar-refractivity contribution in [2.75, 3.05) is 51.9 Å². The maximum absolute atomic E-state index is 17.1. The molecule has 2 fully saturated rings. The van der Waals surface area contributed by atoms with E-state index >= 15 is 4.39 Å². The third-order valence-electron chi connectivity index (χ3n) is 9.04. The number of nitrogens with zero attached hydrogens (tertiary/aromatic N) is 2. The Balaban J connectivity index is 1.48. The summed E-state index contributed by atoms with van der Waals surface area (Å²) in [6.45, 7) is 6.62. The van der Waals surface area contributed by atoms with Gasteiger partial charge in [-0.2, -0.15) is 13.2 Å². The van der Waals surface area contributed by atoms with Crippen LogP contribution >= 0.6 is 0 Å². The third-order valence-corrected chi connectivity index (χ3v) is 9.89. The minimum atomic E-state index is -4.60. The standard InChI is InChI=1S/C34H44F4N2O6S/c1-32(2,3)40-20-29(24-8-11-27(45-4)12-9-24)33(35,22-40)31(42)39-16-14-23(15-17-39)28-13-10-25(34(36,37)38)19-30(28)46-18-6-7-26(41)21-47(5,43)44/h8-13,19,23,29H,6-7,14-18,20-22H2,1-5H3/t29-,33-/m0/s1. The summed E-state index contributed by atoms with van der Waals surface area (Å²) in [5, 5.41) is 0. The fourth-order valence-corrected chi connectivity index (χ4v) is 7.13. The molecule has 2 aliphatic heterocycles. The van der Waals surface area contributed by atoms with Gasteiger partial charge in [-0.1, -0.05) is 18.2 Å². The third kappa shape index (κ3) is 9.04. The highest BCUT2D eigenvalue weighted by Crippen LogP contribution is 2.45. The van der Waals surface area contributed by atoms with Crippen molar-refractivity contribution in [2.45, 2.75) is 75.7 Å². The van der Waals surface area contributed by atoms with E-state index < -0.39 is 50.6 Å². The molecule has 2 saturated heterocycles. The van der Waals surface area contributed by atoms with Crippen molar-refractivity contribution in [1.29, 1.82) is 0 Å². The van der Waals surface area contributed by atoms with Gasteiger partial charge in [-0.3, -0.25) is 14.5 Å². The number of sulfone groups is 1. The van der Waals surface area contributed by atoms with Crippen LogP contribution in [0.2, 0.25) is 0 Å². The van der Waals surface area contributed by atoms with Gasteiger partial charge in [0, 0.05) is 50.3 Å². The van der Waals surface area contributed by atoms with Crippen LogP contribution in [-0.4, -0.2) is 93.0 Å². The van der Waals surface area contributed by atoms with E-state index in [0.717, 1.165) is 18.4 Å². The van der Waals surface area contributed by atoms with Crippen molar-refractivity contribution in [3.05, 3.63) is 59.2 Å². The van der Waals surface area contributed by atoms with Crippen molar-refractivity contribution < 1.29 is 45.0 Å². The largest absolute Gasteiger partial charge is 0.497 e. The molecule has 2 aromatic carbocycles. The van der Waals surface area contributed by atoms with E-state index in [1.165, 1.54) is 11.0 Å². The predicted molar refractivity (Wildman–Crippen MR) is 170 cm³/mol. The maximum Gasteiger partial charge on any atom is 0.416 e. The highest BCUT2D eigenvalue weighted by Gasteiger charge is 2.57. The van der Waals surface area contributed by atoms with E-state index in [1.807, 2.05) is 25.7 Å². The van der Waals surface area contributed by atoms with Crippen molar-refractivity contribution in [2.24, 2.45) is 0 Å². The summed E-state index contributed by atoms with van der Waals surface area (Å²) in [6.07, 6.45) is -2.81. The van der Waals surface area contributed by atoms with E-state index in [9.17, 15) is 31.2 Å². The van der Waals surface area contributed by atoms with Crippen LogP contribution in [0.5, 0.6) is 11.5 Å². The van der Waals surface area contributed by atoms with Gasteiger partial charge in [0.15, 0.2) is 9.84 Å². The first-order chi connectivity index (χ1) is 21.8. The number of Topliss-reactive ketones (excluding diaryl/α,β-unsaturated/α-hetero) is 1. The summed E-state index contributed by atoms with van der Waals surface area (Å²) in [6, 6.07) is 10.4. The molecule has 0 radical (unpaired) electrons. The zero-order chi connectivity index (χ0) is 34.8. The Morgan fingerprint density at radius 3 is 2.21 bits per heavy atom. The maximum atomic E-state index is 17.1. The SMILES string of the molecule is COc1ccc([C@@H]2CN(C(C)(C)C)C[C@@]2(F)C(=O)N2CCC(c3ccc(C(F)(F)F)cc3OCCCC(=O)CS(C)(=O)=O)CC2)cc1. The lowest BCUT2D eigenvalue weighted by molar-refractivity contribution is -0.145. The Labute approximate surface area is 274 Å². The molecule has 0 N–H and O–H groups in total. The fourth-order valence-electron chi connectivity index (χ4n) is 6.40. The number of carbonyl (C=O) groups excluding carboxylic acids is 2. The Morgan fingerprint density at radius 1 is 1.02 bits per heavy atom. The van der Waals surface area contributed by atoms with E-state index in [0.29, 0.717) is 36.3 Å². The van der Waals surface area contributed by atoms with Crippen LogP contribution in [0, 0.1) is 0 Å². The molecular formula is C34H44F4N2O6S. The highest BCUT2D eigenvalue weighted by molar-refractivity contribution is 7.91. The fraction of sp³-hybridized carbons (Fsp3) is 0.588. The molecule has 2 aliphatic rings. The van der Waals surface area contributed by atoms with Crippen LogP contribution in [0.3, 0.4) is 0 Å². The lowest BCUT2D eigenvalue weighted by Crippen LogP contribution is -2.53. The lowest BCUT2D eigenvalue weighted by Gasteiger charge is -2.38. The number of rotatable bonds is 11. The normalized spacial score (nSPS) is 21.6. The molecule has 0 spiro atoms. The van der Waals surface area contributed by atoms with Crippen molar-refractivity contribution in [1.82, 2.24) is 9.80 Å². The number of methoxy groups -OCH3 is 1. The zero-order valence-corrected chi connectivity index (χ0v) is 28.3. The van der Waals surface area contributed by atoms with E-state index in [1.54, 1.807) is 31.4 Å². The van der Waals surface area contributed by atoms with Crippen LogP contribution in [0.4, 0.5) is 17.6 Å². The van der Waals surface area contributed by atoms with Gasteiger partial charge in [-0.25, -0.2) is 12.8 Å². The summed E-state index contributed by atoms with van der Waals surface area (Å²) in [7, 11) is -1.93. The summed E-state index contributed by atoms with van der Waals surface area (Å²) < 4.78 is 91.5. The molecule has 0 unspecified atom stereocenters. The second-order valence-corrected chi connectivity index (χ2v) is 15.8. The quantitative estimate of drug-likeness (QED) is 0.218. The number of likely N-dealkylation sites (tertiary alicyclic amines) is 2. The highest BCUT2D eigenvalue weighted by atomic mass is 32.2. The molecule has 47 heavy (non-hydrogen) atoms. The molecule has 0 aromatic heterocycles. The van der Waals surface area contributed by atoms with Crippen molar-refractivity contribution in [3.8, 4) is 11.5 Å². The van der Waals surface area contributed by atoms with Gasteiger partial charge in [0.2, 0.25) is 5.67 Å². The van der Waals surface area contributed by atoms with Gasteiger partial charge >= 0.3 is 6.18 Å². The summed E-state index contributed by atoms with van der Waals surface area (Å²) in [5.41, 5.74) is -2.19. The number of ether oxygens (including phenoxy) is 2. The van der Waals surface area contributed by atoms with Crippen molar-refractivity contribution in [3.63, 3.8) is 0 Å². The number of amides is 1. The molecule has 0 saturated carbocycles. The molecule has 0 aliphatic carbocycles. The van der Waals surface area contributed by atoms with Gasteiger partial charge in [0.05, 0.1) is 19.3 Å². The summed E-state index contributed by atoms with van der Waals surface area (Å²) >= 11 is 0. The van der Waals surface area contributed by atoms with Gasteiger partial charge in [-0.15, -0.1) is 0 Å². The molecule has 8 nitrogen and oxygen atoms in total. The first-order valence-electron chi connectivity index (χ1n) is 15.7. The average molecular weight is 685 g/mol. The molecular weight excluding hydrogens is 640 g/mol. The zero-order valence-electron chi connectivity index (χ0n) is 27.5. The Morgan fingerprint density at radius 2 is 1.66 bits per heavy atom. The molecule has 4 rings (SSSR count). The molecule has 2 aromatic rings. The molecule has 13 heteroatoms. The first kappa shape index (κ1) is 36.6. The van der Waals surface area contributed by atoms with Crippen LogP contribution in [-0.2, 0) is 25.6 Å². The summed E-state index contributed by atoms with van der Waals surface area (Å²) in [5.74, 6) is -1.98. The molecule has 260 valence electrons. The first-order valence-corrected chi connectivity index (χ1v) is 17.8. The minimum Gasteiger partial charge on any atom is -0.497 e. The smallest absolute Gasteiger partial charge is 0.416 e. The number of halogens is 4. The monoisotopic (exact) mass is 684 g/mol. The van der Waals surface area contributed by atoms with E-state index in [4.69, 9.17) is 9.47 Å². The molecule has 2 heterocycles. The Bertz CT molecular complexity index is 1530.